The van der Waals surface area contributed by atoms with Gasteiger partial charge in [0.2, 0.25) is 17.1 Å². The summed E-state index contributed by atoms with van der Waals surface area (Å²) in [5.74, 6) is -2.21. The molecule has 1 aromatic carbocycles. The van der Waals surface area contributed by atoms with Crippen molar-refractivity contribution in [3.8, 4) is 18.2 Å². The predicted molar refractivity (Wildman–Crippen MR) is 107 cm³/mol. The SMILES string of the molecule is CCN(CC)c1ccc(C2OC3(CC)OC(=N)C(C#N)(C3C)C2(C#N)C#N)cc1. The number of anilines is 1. The number of nitrogens with zero attached hydrogens (tertiary/aromatic N) is 4. The average Bonchev–Trinajstić information content (AvgIpc) is 2.91. The highest BCUT2D eigenvalue weighted by Crippen LogP contribution is 2.66. The Hall–Kier alpha value is -3.08. The highest BCUT2D eigenvalue weighted by molar-refractivity contribution is 5.89. The molecule has 7 heteroatoms. The second-order valence-electron chi connectivity index (χ2n) is 7.53. The number of ether oxygens (including phenoxy) is 2. The van der Waals surface area contributed by atoms with Gasteiger partial charge >= 0.3 is 0 Å². The lowest BCUT2D eigenvalue weighted by Gasteiger charge is -2.48. The summed E-state index contributed by atoms with van der Waals surface area (Å²) in [5, 5.41) is 38.8. The fourth-order valence-electron chi connectivity index (χ4n) is 4.79. The number of hydrogen-bond acceptors (Lipinski definition) is 7. The third-order valence-corrected chi connectivity index (χ3v) is 6.62. The van der Waals surface area contributed by atoms with Gasteiger partial charge in [0.05, 0.1) is 24.1 Å². The van der Waals surface area contributed by atoms with Gasteiger partial charge in [-0.15, -0.1) is 0 Å². The first-order valence-corrected chi connectivity index (χ1v) is 9.90. The van der Waals surface area contributed by atoms with E-state index in [0.717, 1.165) is 18.8 Å². The Kier molecular flexibility index (Phi) is 5.03. The first-order valence-electron chi connectivity index (χ1n) is 9.90. The normalized spacial score (nSPS) is 31.8. The van der Waals surface area contributed by atoms with Crippen molar-refractivity contribution in [1.29, 1.82) is 21.2 Å². The van der Waals surface area contributed by atoms with Crippen molar-refractivity contribution in [3.05, 3.63) is 29.8 Å². The summed E-state index contributed by atoms with van der Waals surface area (Å²) in [6.07, 6.45) is -0.622. The Labute approximate surface area is 171 Å². The third-order valence-electron chi connectivity index (χ3n) is 6.62. The first-order chi connectivity index (χ1) is 13.9. The monoisotopic (exact) mass is 391 g/mol. The van der Waals surface area contributed by atoms with Gasteiger partial charge in [0, 0.05) is 25.2 Å². The minimum atomic E-state index is -1.90. The molecular formula is C22H25N5O2. The fourth-order valence-corrected chi connectivity index (χ4v) is 4.79. The summed E-state index contributed by atoms with van der Waals surface area (Å²) in [6, 6.07) is 13.7. The predicted octanol–water partition coefficient (Wildman–Crippen LogP) is 3.90. The van der Waals surface area contributed by atoms with Gasteiger partial charge < -0.3 is 14.4 Å². The molecule has 2 aliphatic rings. The van der Waals surface area contributed by atoms with Gasteiger partial charge in [-0.2, -0.15) is 15.8 Å². The van der Waals surface area contributed by atoms with E-state index in [0.29, 0.717) is 12.0 Å². The van der Waals surface area contributed by atoms with Crippen molar-refractivity contribution < 1.29 is 9.47 Å². The van der Waals surface area contributed by atoms with Gasteiger partial charge in [-0.05, 0) is 31.5 Å². The molecule has 0 amide bonds. The smallest absolute Gasteiger partial charge is 0.217 e. The maximum absolute atomic E-state index is 10.1. The summed E-state index contributed by atoms with van der Waals surface area (Å²) < 4.78 is 12.1. The second kappa shape index (κ2) is 7.07. The van der Waals surface area contributed by atoms with Crippen LogP contribution in [0.5, 0.6) is 0 Å². The van der Waals surface area contributed by atoms with Crippen molar-refractivity contribution in [2.75, 3.05) is 18.0 Å². The largest absolute Gasteiger partial charge is 0.447 e. The van der Waals surface area contributed by atoms with Crippen molar-refractivity contribution in [2.24, 2.45) is 16.7 Å². The fraction of sp³-hybridized carbons (Fsp3) is 0.545. The van der Waals surface area contributed by atoms with Crippen LogP contribution in [-0.4, -0.2) is 24.8 Å². The summed E-state index contributed by atoms with van der Waals surface area (Å²) in [7, 11) is 0. The molecular weight excluding hydrogens is 366 g/mol. The van der Waals surface area contributed by atoms with Crippen molar-refractivity contribution >= 4 is 11.6 Å². The third kappa shape index (κ3) is 2.40. The Morgan fingerprint density at radius 2 is 1.62 bits per heavy atom. The molecule has 2 fully saturated rings. The molecule has 0 saturated carbocycles. The summed E-state index contributed by atoms with van der Waals surface area (Å²) in [4.78, 5) is 2.18. The molecule has 0 aromatic heterocycles. The summed E-state index contributed by atoms with van der Waals surface area (Å²) in [6.45, 7) is 9.43. The van der Waals surface area contributed by atoms with Crippen LogP contribution in [0.3, 0.4) is 0 Å². The molecule has 29 heavy (non-hydrogen) atoms. The zero-order valence-electron chi connectivity index (χ0n) is 17.2. The van der Waals surface area contributed by atoms with E-state index in [1.54, 1.807) is 6.92 Å². The van der Waals surface area contributed by atoms with Crippen LogP contribution in [0.4, 0.5) is 5.69 Å². The maximum atomic E-state index is 10.1. The lowest BCUT2D eigenvalue weighted by Crippen LogP contribution is -2.58. The molecule has 1 aromatic rings. The van der Waals surface area contributed by atoms with Crippen molar-refractivity contribution in [1.82, 2.24) is 0 Å². The number of fused-ring (bicyclic) bond motifs is 2. The first kappa shape index (κ1) is 20.6. The Morgan fingerprint density at radius 3 is 2.07 bits per heavy atom. The number of hydrogen-bond donors (Lipinski definition) is 1. The Balaban J connectivity index is 2.19. The van der Waals surface area contributed by atoms with Crippen LogP contribution in [0.15, 0.2) is 24.3 Å². The molecule has 2 saturated heterocycles. The van der Waals surface area contributed by atoms with E-state index in [1.807, 2.05) is 31.2 Å². The quantitative estimate of drug-likeness (QED) is 0.813. The molecule has 4 unspecified atom stereocenters. The lowest BCUT2D eigenvalue weighted by atomic mass is 9.53. The zero-order chi connectivity index (χ0) is 21.4. The molecule has 7 nitrogen and oxygen atoms in total. The molecule has 2 heterocycles. The van der Waals surface area contributed by atoms with Crippen LogP contribution in [-0.2, 0) is 9.47 Å². The molecule has 0 spiro atoms. The van der Waals surface area contributed by atoms with Crippen LogP contribution >= 0.6 is 0 Å². The van der Waals surface area contributed by atoms with Crippen LogP contribution in [0, 0.1) is 56.2 Å². The highest BCUT2D eigenvalue weighted by atomic mass is 16.7. The summed E-state index contributed by atoms with van der Waals surface area (Å²) in [5.41, 5.74) is -1.96. The number of benzene rings is 1. The molecule has 0 radical (unpaired) electrons. The minimum absolute atomic E-state index is 0.361. The van der Waals surface area contributed by atoms with Gasteiger partial charge in [0.25, 0.3) is 0 Å². The van der Waals surface area contributed by atoms with Crippen molar-refractivity contribution in [3.63, 3.8) is 0 Å². The lowest BCUT2D eigenvalue weighted by molar-refractivity contribution is -0.280. The van der Waals surface area contributed by atoms with E-state index in [9.17, 15) is 15.8 Å². The number of nitriles is 3. The molecule has 0 aliphatic carbocycles. The molecule has 150 valence electrons. The molecule has 3 rings (SSSR count). The minimum Gasteiger partial charge on any atom is -0.447 e. The average molecular weight is 391 g/mol. The van der Waals surface area contributed by atoms with E-state index in [4.69, 9.17) is 14.9 Å². The zero-order valence-corrected chi connectivity index (χ0v) is 17.2. The Bertz CT molecular complexity index is 920. The van der Waals surface area contributed by atoms with Crippen LogP contribution in [0.2, 0.25) is 0 Å². The van der Waals surface area contributed by atoms with E-state index in [2.05, 4.69) is 37.0 Å². The summed E-state index contributed by atoms with van der Waals surface area (Å²) >= 11 is 0. The van der Waals surface area contributed by atoms with Gasteiger partial charge in [0.1, 0.15) is 6.10 Å². The molecule has 2 aliphatic heterocycles. The number of nitrogens with one attached hydrogen (secondary N) is 1. The number of rotatable bonds is 5. The van der Waals surface area contributed by atoms with Gasteiger partial charge in [-0.3, -0.25) is 5.41 Å². The molecule has 1 N–H and O–H groups in total. The van der Waals surface area contributed by atoms with E-state index >= 15 is 0 Å². The van der Waals surface area contributed by atoms with Gasteiger partial charge in [-0.25, -0.2) is 0 Å². The Morgan fingerprint density at radius 1 is 1.03 bits per heavy atom. The van der Waals surface area contributed by atoms with E-state index in [1.165, 1.54) is 0 Å². The van der Waals surface area contributed by atoms with E-state index in [-0.39, 0.29) is 5.90 Å². The van der Waals surface area contributed by atoms with Crippen molar-refractivity contribution in [2.45, 2.75) is 46.0 Å². The van der Waals surface area contributed by atoms with Crippen LogP contribution in [0.1, 0.15) is 45.8 Å². The molecule has 4 atom stereocenters. The van der Waals surface area contributed by atoms with E-state index < -0.39 is 28.6 Å². The molecule has 2 bridgehead atoms. The highest BCUT2D eigenvalue weighted by Gasteiger charge is 2.78. The van der Waals surface area contributed by atoms with Gasteiger partial charge in [0.15, 0.2) is 5.41 Å². The topological polar surface area (TPSA) is 117 Å². The van der Waals surface area contributed by atoms with Gasteiger partial charge in [-0.1, -0.05) is 26.0 Å². The van der Waals surface area contributed by atoms with Crippen LogP contribution in [0.25, 0.3) is 0 Å². The standard InChI is InChI=1S/C22H25N5O2/c1-5-22-15(4)21(14-25,19(26)29-22)20(12-23,13-24)18(28-22)16-8-10-17(11-9-16)27(6-2)7-3/h8-11,15,18,26H,5-7H2,1-4H3. The second-order valence-corrected chi connectivity index (χ2v) is 7.53. The van der Waals surface area contributed by atoms with Crippen LogP contribution < -0.4 is 4.90 Å². The maximum Gasteiger partial charge on any atom is 0.217 e.